The molecular weight excluding hydrogens is 142 g/mol. The average molecular weight is 155 g/mol. The van der Waals surface area contributed by atoms with Crippen LogP contribution in [0.25, 0.3) is 0 Å². The van der Waals surface area contributed by atoms with Crippen molar-refractivity contribution in [3.8, 4) is 0 Å². The molecule has 0 unspecified atom stereocenters. The molecule has 0 aromatic rings. The molecule has 1 heterocycles. The summed E-state index contributed by atoms with van der Waals surface area (Å²) in [6.45, 7) is 2.68. The standard InChI is InChI=1S/C8H13NO2/c1-2-7(6-10)9-5-3-4-8(9)11/h6-7H,2-5H2,1H3/t7-/m0/s1. The average Bonchev–Trinajstić information content (AvgIpc) is 2.40. The lowest BCUT2D eigenvalue weighted by atomic mass is 10.2. The number of rotatable bonds is 3. The first kappa shape index (κ1) is 8.24. The minimum atomic E-state index is -0.176. The van der Waals surface area contributed by atoms with E-state index in [9.17, 15) is 9.59 Å². The molecule has 1 aliphatic heterocycles. The molecule has 0 saturated carbocycles. The largest absolute Gasteiger partial charge is 0.333 e. The van der Waals surface area contributed by atoms with Gasteiger partial charge in [0.2, 0.25) is 5.91 Å². The third-order valence-corrected chi connectivity index (χ3v) is 2.09. The number of nitrogens with zero attached hydrogens (tertiary/aromatic N) is 1. The molecule has 0 radical (unpaired) electrons. The van der Waals surface area contributed by atoms with Gasteiger partial charge in [0, 0.05) is 13.0 Å². The summed E-state index contributed by atoms with van der Waals surface area (Å²) in [5.41, 5.74) is 0. The van der Waals surface area contributed by atoms with Crippen molar-refractivity contribution in [1.29, 1.82) is 0 Å². The number of hydrogen-bond acceptors (Lipinski definition) is 2. The van der Waals surface area contributed by atoms with Crippen molar-refractivity contribution in [3.05, 3.63) is 0 Å². The minimum absolute atomic E-state index is 0.129. The highest BCUT2D eigenvalue weighted by Gasteiger charge is 2.25. The zero-order chi connectivity index (χ0) is 8.27. The number of carbonyl (C=O) groups excluding carboxylic acids is 2. The third kappa shape index (κ3) is 1.59. The van der Waals surface area contributed by atoms with E-state index in [1.165, 1.54) is 0 Å². The SMILES string of the molecule is CC[C@@H](C=O)N1CCCC1=O. The molecule has 0 aromatic heterocycles. The Labute approximate surface area is 66.4 Å². The predicted octanol–water partition coefficient (Wildman–Crippen LogP) is 0.586. The quantitative estimate of drug-likeness (QED) is 0.559. The maximum atomic E-state index is 11.1. The van der Waals surface area contributed by atoms with E-state index in [0.29, 0.717) is 6.42 Å². The lowest BCUT2D eigenvalue weighted by Crippen LogP contribution is -2.36. The van der Waals surface area contributed by atoms with Crippen molar-refractivity contribution < 1.29 is 9.59 Å². The zero-order valence-corrected chi connectivity index (χ0v) is 6.75. The van der Waals surface area contributed by atoms with Crippen molar-refractivity contribution in [1.82, 2.24) is 4.90 Å². The molecule has 3 nitrogen and oxygen atoms in total. The van der Waals surface area contributed by atoms with Crippen LogP contribution in [0.1, 0.15) is 26.2 Å². The summed E-state index contributed by atoms with van der Waals surface area (Å²) in [5, 5.41) is 0. The van der Waals surface area contributed by atoms with E-state index in [1.54, 1.807) is 4.90 Å². The Kier molecular flexibility index (Phi) is 2.63. The second-order valence-corrected chi connectivity index (χ2v) is 2.80. The second kappa shape index (κ2) is 3.51. The fourth-order valence-electron chi connectivity index (χ4n) is 1.41. The third-order valence-electron chi connectivity index (χ3n) is 2.09. The van der Waals surface area contributed by atoms with Crippen LogP contribution in [-0.4, -0.2) is 29.7 Å². The lowest BCUT2D eigenvalue weighted by Gasteiger charge is -2.21. The summed E-state index contributed by atoms with van der Waals surface area (Å²) >= 11 is 0. The molecule has 1 rings (SSSR count). The molecular formula is C8H13NO2. The van der Waals surface area contributed by atoms with Gasteiger partial charge in [-0.2, -0.15) is 0 Å². The number of aldehydes is 1. The van der Waals surface area contributed by atoms with E-state index in [4.69, 9.17) is 0 Å². The van der Waals surface area contributed by atoms with Gasteiger partial charge < -0.3 is 9.69 Å². The molecule has 1 saturated heterocycles. The highest BCUT2D eigenvalue weighted by Crippen LogP contribution is 2.13. The number of carbonyl (C=O) groups is 2. The van der Waals surface area contributed by atoms with Crippen LogP contribution < -0.4 is 0 Å². The summed E-state index contributed by atoms with van der Waals surface area (Å²) in [5.74, 6) is 0.129. The van der Waals surface area contributed by atoms with E-state index >= 15 is 0 Å². The van der Waals surface area contributed by atoms with Crippen LogP contribution in [-0.2, 0) is 9.59 Å². The topological polar surface area (TPSA) is 37.4 Å². The summed E-state index contributed by atoms with van der Waals surface area (Å²) < 4.78 is 0. The van der Waals surface area contributed by atoms with Gasteiger partial charge in [-0.3, -0.25) is 4.79 Å². The van der Waals surface area contributed by atoms with Gasteiger partial charge in [0.15, 0.2) is 0 Å². The Morgan fingerprint density at radius 1 is 1.73 bits per heavy atom. The van der Waals surface area contributed by atoms with Crippen LogP contribution in [0.3, 0.4) is 0 Å². The van der Waals surface area contributed by atoms with Crippen molar-refractivity contribution in [2.45, 2.75) is 32.2 Å². The van der Waals surface area contributed by atoms with Crippen LogP contribution in [0.15, 0.2) is 0 Å². The predicted molar refractivity (Wildman–Crippen MR) is 41.1 cm³/mol. The molecule has 1 aliphatic rings. The fourth-order valence-corrected chi connectivity index (χ4v) is 1.41. The summed E-state index contributed by atoms with van der Waals surface area (Å²) in [6.07, 6.45) is 3.12. The molecule has 3 heteroatoms. The van der Waals surface area contributed by atoms with Crippen molar-refractivity contribution in [2.24, 2.45) is 0 Å². The summed E-state index contributed by atoms with van der Waals surface area (Å²) in [7, 11) is 0. The number of hydrogen-bond donors (Lipinski definition) is 0. The van der Waals surface area contributed by atoms with Crippen molar-refractivity contribution >= 4 is 12.2 Å². The maximum absolute atomic E-state index is 11.1. The molecule has 1 atom stereocenters. The monoisotopic (exact) mass is 155 g/mol. The van der Waals surface area contributed by atoms with Crippen LogP contribution in [0, 0.1) is 0 Å². The second-order valence-electron chi connectivity index (χ2n) is 2.80. The molecule has 11 heavy (non-hydrogen) atoms. The number of amides is 1. The van der Waals surface area contributed by atoms with Gasteiger partial charge in [-0.25, -0.2) is 0 Å². The zero-order valence-electron chi connectivity index (χ0n) is 6.75. The normalized spacial score (nSPS) is 20.5. The maximum Gasteiger partial charge on any atom is 0.223 e. The Morgan fingerprint density at radius 2 is 2.45 bits per heavy atom. The lowest BCUT2D eigenvalue weighted by molar-refractivity contribution is -0.132. The number of likely N-dealkylation sites (tertiary alicyclic amines) is 1. The Hall–Kier alpha value is -0.860. The molecule has 0 aromatic carbocycles. The van der Waals surface area contributed by atoms with E-state index in [0.717, 1.165) is 25.7 Å². The van der Waals surface area contributed by atoms with E-state index < -0.39 is 0 Å². The smallest absolute Gasteiger partial charge is 0.223 e. The van der Waals surface area contributed by atoms with E-state index in [2.05, 4.69) is 0 Å². The summed E-state index contributed by atoms with van der Waals surface area (Å²) in [6, 6.07) is -0.176. The van der Waals surface area contributed by atoms with Gasteiger partial charge in [-0.1, -0.05) is 6.92 Å². The first-order valence-electron chi connectivity index (χ1n) is 4.04. The molecule has 0 spiro atoms. The van der Waals surface area contributed by atoms with Gasteiger partial charge in [-0.15, -0.1) is 0 Å². The molecule has 0 bridgehead atoms. The summed E-state index contributed by atoms with van der Waals surface area (Å²) in [4.78, 5) is 23.2. The van der Waals surface area contributed by atoms with Crippen LogP contribution in [0.5, 0.6) is 0 Å². The van der Waals surface area contributed by atoms with Gasteiger partial charge >= 0.3 is 0 Å². The Balaban J connectivity index is 2.56. The van der Waals surface area contributed by atoms with Gasteiger partial charge in [0.25, 0.3) is 0 Å². The molecule has 0 N–H and O–H groups in total. The molecule has 62 valence electrons. The highest BCUT2D eigenvalue weighted by molar-refractivity contribution is 5.81. The Morgan fingerprint density at radius 3 is 2.82 bits per heavy atom. The van der Waals surface area contributed by atoms with E-state index in [-0.39, 0.29) is 11.9 Å². The van der Waals surface area contributed by atoms with Gasteiger partial charge in [0.05, 0.1) is 6.04 Å². The van der Waals surface area contributed by atoms with Gasteiger partial charge in [0.1, 0.15) is 6.29 Å². The van der Waals surface area contributed by atoms with Gasteiger partial charge in [-0.05, 0) is 12.8 Å². The highest BCUT2D eigenvalue weighted by atomic mass is 16.2. The molecule has 1 fully saturated rings. The Bertz CT molecular complexity index is 167. The van der Waals surface area contributed by atoms with Crippen molar-refractivity contribution in [2.75, 3.05) is 6.54 Å². The fraction of sp³-hybridized carbons (Fsp3) is 0.750. The van der Waals surface area contributed by atoms with E-state index in [1.807, 2.05) is 6.92 Å². The van der Waals surface area contributed by atoms with Crippen molar-refractivity contribution in [3.63, 3.8) is 0 Å². The molecule has 1 amide bonds. The van der Waals surface area contributed by atoms with Crippen LogP contribution in [0.2, 0.25) is 0 Å². The molecule has 0 aliphatic carbocycles. The van der Waals surface area contributed by atoms with Crippen LogP contribution in [0.4, 0.5) is 0 Å². The minimum Gasteiger partial charge on any atom is -0.333 e. The first-order chi connectivity index (χ1) is 5.29. The first-order valence-corrected chi connectivity index (χ1v) is 4.04. The van der Waals surface area contributed by atoms with Crippen LogP contribution >= 0.6 is 0 Å².